The van der Waals surface area contributed by atoms with Gasteiger partial charge in [-0.1, -0.05) is 49.4 Å². The molecule has 0 amide bonds. The second-order valence-corrected chi connectivity index (χ2v) is 4.10. The van der Waals surface area contributed by atoms with E-state index in [-0.39, 0.29) is 0 Å². The Labute approximate surface area is 103 Å². The number of benzene rings is 1. The molecular weight excluding hydrogens is 208 g/mol. The van der Waals surface area contributed by atoms with E-state index >= 15 is 0 Å². The van der Waals surface area contributed by atoms with Crippen LogP contribution in [0.15, 0.2) is 48.9 Å². The van der Waals surface area contributed by atoms with E-state index in [1.165, 1.54) is 11.3 Å². The number of aromatic nitrogens is 2. The molecule has 88 valence electrons. The van der Waals surface area contributed by atoms with E-state index in [2.05, 4.69) is 52.9 Å². The second-order valence-electron chi connectivity index (χ2n) is 4.10. The Morgan fingerprint density at radius 1 is 1.24 bits per heavy atom. The Balaban J connectivity index is 1.98. The summed E-state index contributed by atoms with van der Waals surface area (Å²) in [4.78, 5) is 4.20. The lowest BCUT2D eigenvalue weighted by molar-refractivity contribution is 0.655. The van der Waals surface area contributed by atoms with E-state index in [4.69, 9.17) is 0 Å². The third-order valence-corrected chi connectivity index (χ3v) is 2.70. The largest absolute Gasteiger partial charge is 0.334 e. The highest BCUT2D eigenvalue weighted by molar-refractivity contribution is 5.48. The van der Waals surface area contributed by atoms with Crippen LogP contribution < -0.4 is 0 Å². The summed E-state index contributed by atoms with van der Waals surface area (Å²) in [6.45, 7) is 3.23. The fourth-order valence-electron chi connectivity index (χ4n) is 1.84. The molecule has 0 aliphatic rings. The van der Waals surface area contributed by atoms with Crippen LogP contribution in [0.5, 0.6) is 0 Å². The molecule has 0 bridgehead atoms. The third kappa shape index (κ3) is 3.31. The molecule has 1 heterocycles. The standard InChI is InChI=1S/C15H18N2/c1-2-11-17-13-16-12-15(17)10-6-9-14-7-4-3-5-8-14/h3-9,12-13H,2,10-11H2,1H3/b9-6+. The van der Waals surface area contributed by atoms with Gasteiger partial charge in [0.25, 0.3) is 0 Å². The first-order chi connectivity index (χ1) is 8.40. The average Bonchev–Trinajstić information content (AvgIpc) is 2.79. The number of imidazole rings is 1. The summed E-state index contributed by atoms with van der Waals surface area (Å²) < 4.78 is 2.22. The van der Waals surface area contributed by atoms with Gasteiger partial charge in [-0.05, 0) is 12.0 Å². The topological polar surface area (TPSA) is 17.8 Å². The van der Waals surface area contributed by atoms with Crippen LogP contribution in [0.4, 0.5) is 0 Å². The number of aryl methyl sites for hydroxylation is 1. The van der Waals surface area contributed by atoms with Crippen molar-refractivity contribution in [2.75, 3.05) is 0 Å². The Hall–Kier alpha value is -1.83. The lowest BCUT2D eigenvalue weighted by Crippen LogP contribution is -1.99. The maximum Gasteiger partial charge on any atom is 0.0948 e. The number of nitrogens with zero attached hydrogens (tertiary/aromatic N) is 2. The molecule has 0 unspecified atom stereocenters. The van der Waals surface area contributed by atoms with Crippen LogP contribution in [0.1, 0.15) is 24.6 Å². The molecule has 0 saturated carbocycles. The quantitative estimate of drug-likeness (QED) is 0.762. The van der Waals surface area contributed by atoms with Crippen LogP contribution in [0.2, 0.25) is 0 Å². The molecule has 0 radical (unpaired) electrons. The van der Waals surface area contributed by atoms with Crippen LogP contribution in [0.25, 0.3) is 6.08 Å². The van der Waals surface area contributed by atoms with Gasteiger partial charge in [0.15, 0.2) is 0 Å². The third-order valence-electron chi connectivity index (χ3n) is 2.70. The number of allylic oxidation sites excluding steroid dienone is 1. The van der Waals surface area contributed by atoms with Gasteiger partial charge in [0.2, 0.25) is 0 Å². The van der Waals surface area contributed by atoms with Crippen molar-refractivity contribution < 1.29 is 0 Å². The van der Waals surface area contributed by atoms with Crippen molar-refractivity contribution in [3.8, 4) is 0 Å². The predicted molar refractivity (Wildman–Crippen MR) is 71.7 cm³/mol. The van der Waals surface area contributed by atoms with Gasteiger partial charge in [-0.25, -0.2) is 4.98 Å². The highest BCUT2D eigenvalue weighted by Gasteiger charge is 1.97. The zero-order chi connectivity index (χ0) is 11.9. The van der Waals surface area contributed by atoms with Crippen LogP contribution in [0, 0.1) is 0 Å². The van der Waals surface area contributed by atoms with Crippen molar-refractivity contribution in [1.29, 1.82) is 0 Å². The molecule has 17 heavy (non-hydrogen) atoms. The summed E-state index contributed by atoms with van der Waals surface area (Å²) in [5.74, 6) is 0. The van der Waals surface area contributed by atoms with Crippen LogP contribution in [-0.4, -0.2) is 9.55 Å². The zero-order valence-electron chi connectivity index (χ0n) is 10.2. The van der Waals surface area contributed by atoms with Crippen molar-refractivity contribution in [3.63, 3.8) is 0 Å². The van der Waals surface area contributed by atoms with Gasteiger partial charge in [-0.2, -0.15) is 0 Å². The zero-order valence-corrected chi connectivity index (χ0v) is 10.2. The van der Waals surface area contributed by atoms with E-state index in [0.29, 0.717) is 0 Å². The van der Waals surface area contributed by atoms with Gasteiger partial charge < -0.3 is 4.57 Å². The van der Waals surface area contributed by atoms with Gasteiger partial charge in [0, 0.05) is 24.9 Å². The minimum atomic E-state index is 0.939. The van der Waals surface area contributed by atoms with Crippen molar-refractivity contribution in [2.24, 2.45) is 0 Å². The normalized spacial score (nSPS) is 11.1. The second kappa shape index (κ2) is 6.04. The Bertz CT molecular complexity index is 469. The van der Waals surface area contributed by atoms with Crippen LogP contribution in [-0.2, 0) is 13.0 Å². The molecule has 0 spiro atoms. The summed E-state index contributed by atoms with van der Waals surface area (Å²) in [5.41, 5.74) is 2.52. The van der Waals surface area contributed by atoms with E-state index in [9.17, 15) is 0 Å². The Kier molecular flexibility index (Phi) is 4.14. The van der Waals surface area contributed by atoms with Gasteiger partial charge in [0.05, 0.1) is 6.33 Å². The van der Waals surface area contributed by atoms with Crippen molar-refractivity contribution in [3.05, 3.63) is 60.2 Å². The summed E-state index contributed by atoms with van der Waals surface area (Å²) >= 11 is 0. The minimum Gasteiger partial charge on any atom is -0.334 e. The van der Waals surface area contributed by atoms with Crippen molar-refractivity contribution in [2.45, 2.75) is 26.3 Å². The molecule has 2 nitrogen and oxygen atoms in total. The number of hydrogen-bond acceptors (Lipinski definition) is 1. The fraction of sp³-hybridized carbons (Fsp3) is 0.267. The maximum absolute atomic E-state index is 4.20. The molecule has 0 aliphatic heterocycles. The van der Waals surface area contributed by atoms with E-state index in [0.717, 1.165) is 19.4 Å². The van der Waals surface area contributed by atoms with Crippen LogP contribution in [0.3, 0.4) is 0 Å². The van der Waals surface area contributed by atoms with Gasteiger partial charge in [-0.15, -0.1) is 0 Å². The summed E-state index contributed by atoms with van der Waals surface area (Å²) in [7, 11) is 0. The molecule has 2 aromatic rings. The average molecular weight is 226 g/mol. The molecule has 0 N–H and O–H groups in total. The SMILES string of the molecule is CCCn1cncc1C/C=C/c1ccccc1. The maximum atomic E-state index is 4.20. The first-order valence-corrected chi connectivity index (χ1v) is 6.10. The van der Waals surface area contributed by atoms with E-state index in [1.807, 2.05) is 18.6 Å². The molecule has 2 rings (SSSR count). The smallest absolute Gasteiger partial charge is 0.0948 e. The number of rotatable bonds is 5. The molecular formula is C15H18N2. The highest BCUT2D eigenvalue weighted by atomic mass is 15.0. The van der Waals surface area contributed by atoms with Crippen molar-refractivity contribution >= 4 is 6.08 Å². The van der Waals surface area contributed by atoms with Gasteiger partial charge in [-0.3, -0.25) is 0 Å². The van der Waals surface area contributed by atoms with Gasteiger partial charge in [0.1, 0.15) is 0 Å². The summed E-state index contributed by atoms with van der Waals surface area (Å²) in [6.07, 6.45) is 10.3. The molecule has 0 fully saturated rings. The molecule has 1 aromatic carbocycles. The monoisotopic (exact) mass is 226 g/mol. The highest BCUT2D eigenvalue weighted by Crippen LogP contribution is 2.06. The lowest BCUT2D eigenvalue weighted by Gasteiger charge is -2.03. The fourth-order valence-corrected chi connectivity index (χ4v) is 1.84. The van der Waals surface area contributed by atoms with Crippen LogP contribution >= 0.6 is 0 Å². The first-order valence-electron chi connectivity index (χ1n) is 6.10. The van der Waals surface area contributed by atoms with E-state index in [1.54, 1.807) is 0 Å². The van der Waals surface area contributed by atoms with E-state index < -0.39 is 0 Å². The molecule has 0 saturated heterocycles. The molecule has 0 aliphatic carbocycles. The first kappa shape index (κ1) is 11.6. The summed E-state index contributed by atoms with van der Waals surface area (Å²) in [6, 6.07) is 10.4. The Morgan fingerprint density at radius 3 is 2.82 bits per heavy atom. The Morgan fingerprint density at radius 2 is 2.06 bits per heavy atom. The minimum absolute atomic E-state index is 0.939. The number of hydrogen-bond donors (Lipinski definition) is 0. The van der Waals surface area contributed by atoms with Gasteiger partial charge >= 0.3 is 0 Å². The predicted octanol–water partition coefficient (Wildman–Crippen LogP) is 3.55. The molecule has 2 heteroatoms. The van der Waals surface area contributed by atoms with Crippen molar-refractivity contribution in [1.82, 2.24) is 9.55 Å². The molecule has 1 aromatic heterocycles. The molecule has 0 atom stereocenters. The summed E-state index contributed by atoms with van der Waals surface area (Å²) in [5, 5.41) is 0. The lowest BCUT2D eigenvalue weighted by atomic mass is 10.2.